The zero-order valence-corrected chi connectivity index (χ0v) is 13.1. The Balaban J connectivity index is 1.99. The molecular formula is C17H25ClFN. The highest BCUT2D eigenvalue weighted by Crippen LogP contribution is 2.33. The second-order valence-corrected chi connectivity index (χ2v) is 6.33. The van der Waals surface area contributed by atoms with Crippen molar-refractivity contribution in [2.45, 2.75) is 45.4 Å². The molecule has 3 heteroatoms. The van der Waals surface area contributed by atoms with Gasteiger partial charge in [0, 0.05) is 0 Å². The molecule has 0 aliphatic heterocycles. The molecule has 0 aromatic heterocycles. The van der Waals surface area contributed by atoms with Crippen LogP contribution in [0, 0.1) is 17.7 Å². The lowest BCUT2D eigenvalue weighted by molar-refractivity contribution is 0.227. The largest absolute Gasteiger partial charge is 0.316 e. The Morgan fingerprint density at radius 1 is 1.25 bits per heavy atom. The minimum Gasteiger partial charge on any atom is -0.316 e. The summed E-state index contributed by atoms with van der Waals surface area (Å²) in [5, 5.41) is 3.78. The molecule has 2 rings (SSSR count). The van der Waals surface area contributed by atoms with Gasteiger partial charge in [0.1, 0.15) is 5.82 Å². The van der Waals surface area contributed by atoms with E-state index in [-0.39, 0.29) is 10.8 Å². The van der Waals surface area contributed by atoms with Gasteiger partial charge in [0.25, 0.3) is 0 Å². The Morgan fingerprint density at radius 2 is 2.00 bits per heavy atom. The van der Waals surface area contributed by atoms with E-state index in [0.717, 1.165) is 25.1 Å². The molecule has 1 aromatic rings. The number of halogens is 2. The molecule has 0 saturated heterocycles. The summed E-state index contributed by atoms with van der Waals surface area (Å²) in [6.45, 7) is 4.34. The van der Waals surface area contributed by atoms with E-state index in [0.29, 0.717) is 11.8 Å². The first-order valence-corrected chi connectivity index (χ1v) is 8.23. The standard InChI is InChI=1S/C17H25ClFN/c1-2-10-20-12-15-7-4-3-6-13(15)11-14-8-5-9-16(18)17(14)19/h5,8-9,13,15,20H,2-4,6-7,10-12H2,1H3. The van der Waals surface area contributed by atoms with Crippen molar-refractivity contribution in [2.24, 2.45) is 11.8 Å². The summed E-state index contributed by atoms with van der Waals surface area (Å²) in [4.78, 5) is 0. The van der Waals surface area contributed by atoms with Crippen molar-refractivity contribution in [3.05, 3.63) is 34.6 Å². The van der Waals surface area contributed by atoms with Gasteiger partial charge in [-0.15, -0.1) is 0 Å². The fourth-order valence-corrected chi connectivity index (χ4v) is 3.47. The number of nitrogens with one attached hydrogen (secondary N) is 1. The molecular weight excluding hydrogens is 273 g/mol. The predicted molar refractivity (Wildman–Crippen MR) is 83.7 cm³/mol. The highest BCUT2D eigenvalue weighted by Gasteiger charge is 2.25. The van der Waals surface area contributed by atoms with Crippen molar-refractivity contribution in [1.29, 1.82) is 0 Å². The van der Waals surface area contributed by atoms with Gasteiger partial charge in [-0.05, 0) is 62.2 Å². The molecule has 1 saturated carbocycles. The van der Waals surface area contributed by atoms with Crippen LogP contribution in [0.1, 0.15) is 44.6 Å². The van der Waals surface area contributed by atoms with Crippen LogP contribution in [-0.2, 0) is 6.42 Å². The molecule has 20 heavy (non-hydrogen) atoms. The number of hydrogen-bond donors (Lipinski definition) is 1. The zero-order valence-electron chi connectivity index (χ0n) is 12.3. The summed E-state index contributed by atoms with van der Waals surface area (Å²) >= 11 is 5.88. The van der Waals surface area contributed by atoms with E-state index in [1.54, 1.807) is 6.07 Å². The van der Waals surface area contributed by atoms with Gasteiger partial charge in [-0.3, -0.25) is 0 Å². The van der Waals surface area contributed by atoms with E-state index < -0.39 is 0 Å². The van der Waals surface area contributed by atoms with Gasteiger partial charge < -0.3 is 5.32 Å². The van der Waals surface area contributed by atoms with E-state index >= 15 is 0 Å². The SMILES string of the molecule is CCCNCC1CCCCC1Cc1cccc(Cl)c1F. The summed E-state index contributed by atoms with van der Waals surface area (Å²) in [5.74, 6) is 1.04. The van der Waals surface area contributed by atoms with Crippen LogP contribution in [0.15, 0.2) is 18.2 Å². The third-order valence-electron chi connectivity index (χ3n) is 4.41. The van der Waals surface area contributed by atoms with E-state index in [1.807, 2.05) is 12.1 Å². The van der Waals surface area contributed by atoms with Gasteiger partial charge in [-0.1, -0.05) is 43.5 Å². The third-order valence-corrected chi connectivity index (χ3v) is 4.71. The van der Waals surface area contributed by atoms with Gasteiger partial charge in [0.2, 0.25) is 0 Å². The Hall–Kier alpha value is -0.600. The van der Waals surface area contributed by atoms with Crippen LogP contribution >= 0.6 is 11.6 Å². The van der Waals surface area contributed by atoms with Crippen molar-refractivity contribution < 1.29 is 4.39 Å². The number of hydrogen-bond acceptors (Lipinski definition) is 1. The van der Waals surface area contributed by atoms with E-state index in [4.69, 9.17) is 11.6 Å². The summed E-state index contributed by atoms with van der Waals surface area (Å²) < 4.78 is 14.0. The first-order chi connectivity index (χ1) is 9.72. The van der Waals surface area contributed by atoms with Gasteiger partial charge >= 0.3 is 0 Å². The molecule has 1 aliphatic rings. The monoisotopic (exact) mass is 297 g/mol. The second kappa shape index (κ2) is 7.99. The first-order valence-electron chi connectivity index (χ1n) is 7.86. The smallest absolute Gasteiger partial charge is 0.144 e. The minimum atomic E-state index is -0.222. The molecule has 1 aromatic carbocycles. The lowest BCUT2D eigenvalue weighted by Gasteiger charge is -2.32. The highest BCUT2D eigenvalue weighted by atomic mass is 35.5. The molecule has 0 amide bonds. The molecule has 0 spiro atoms. The van der Waals surface area contributed by atoms with Crippen LogP contribution in [0.3, 0.4) is 0 Å². The molecule has 1 aliphatic carbocycles. The maximum Gasteiger partial charge on any atom is 0.144 e. The quantitative estimate of drug-likeness (QED) is 0.742. The molecule has 0 heterocycles. The summed E-state index contributed by atoms with van der Waals surface area (Å²) in [6, 6.07) is 5.36. The van der Waals surface area contributed by atoms with Gasteiger partial charge in [-0.2, -0.15) is 0 Å². The fourth-order valence-electron chi connectivity index (χ4n) is 3.27. The molecule has 1 N–H and O–H groups in total. The van der Waals surface area contributed by atoms with E-state index in [1.165, 1.54) is 32.1 Å². The summed E-state index contributed by atoms with van der Waals surface area (Å²) in [6.07, 6.45) is 7.06. The van der Waals surface area contributed by atoms with Crippen molar-refractivity contribution >= 4 is 11.6 Å². The Morgan fingerprint density at radius 3 is 2.75 bits per heavy atom. The van der Waals surface area contributed by atoms with Crippen LogP contribution in [-0.4, -0.2) is 13.1 Å². The topological polar surface area (TPSA) is 12.0 Å². The molecule has 2 atom stereocenters. The summed E-state index contributed by atoms with van der Waals surface area (Å²) in [5.41, 5.74) is 0.782. The molecule has 112 valence electrons. The van der Waals surface area contributed by atoms with Gasteiger partial charge in [0.05, 0.1) is 5.02 Å². The Labute approximate surface area is 126 Å². The molecule has 2 unspecified atom stereocenters. The normalized spacial score (nSPS) is 22.9. The van der Waals surface area contributed by atoms with E-state index in [9.17, 15) is 4.39 Å². The average molecular weight is 298 g/mol. The van der Waals surface area contributed by atoms with Crippen LogP contribution in [0.2, 0.25) is 5.02 Å². The van der Waals surface area contributed by atoms with Crippen molar-refractivity contribution in [1.82, 2.24) is 5.32 Å². The third kappa shape index (κ3) is 4.20. The van der Waals surface area contributed by atoms with E-state index in [2.05, 4.69) is 12.2 Å². The molecule has 0 radical (unpaired) electrons. The van der Waals surface area contributed by atoms with Crippen molar-refractivity contribution in [3.8, 4) is 0 Å². The van der Waals surface area contributed by atoms with Gasteiger partial charge in [-0.25, -0.2) is 4.39 Å². The zero-order chi connectivity index (χ0) is 14.4. The highest BCUT2D eigenvalue weighted by molar-refractivity contribution is 6.30. The summed E-state index contributed by atoms with van der Waals surface area (Å²) in [7, 11) is 0. The molecule has 1 fully saturated rings. The first kappa shape index (κ1) is 15.8. The number of benzene rings is 1. The Kier molecular flexibility index (Phi) is 6.31. The maximum absolute atomic E-state index is 14.0. The Bertz CT molecular complexity index is 421. The molecule has 1 nitrogen and oxygen atoms in total. The van der Waals surface area contributed by atoms with Crippen LogP contribution in [0.5, 0.6) is 0 Å². The van der Waals surface area contributed by atoms with Crippen LogP contribution < -0.4 is 5.32 Å². The lowest BCUT2D eigenvalue weighted by atomic mass is 9.76. The van der Waals surface area contributed by atoms with Crippen LogP contribution in [0.4, 0.5) is 4.39 Å². The second-order valence-electron chi connectivity index (χ2n) is 5.93. The lowest BCUT2D eigenvalue weighted by Crippen LogP contribution is -2.32. The van der Waals surface area contributed by atoms with Crippen molar-refractivity contribution in [3.63, 3.8) is 0 Å². The predicted octanol–water partition coefficient (Wildman–Crippen LogP) is 4.83. The fraction of sp³-hybridized carbons (Fsp3) is 0.647. The maximum atomic E-state index is 14.0. The molecule has 0 bridgehead atoms. The van der Waals surface area contributed by atoms with Crippen LogP contribution in [0.25, 0.3) is 0 Å². The van der Waals surface area contributed by atoms with Gasteiger partial charge in [0.15, 0.2) is 0 Å². The minimum absolute atomic E-state index is 0.222. The average Bonchev–Trinajstić information content (AvgIpc) is 2.46. The van der Waals surface area contributed by atoms with Crippen molar-refractivity contribution in [2.75, 3.05) is 13.1 Å². The number of rotatable bonds is 6.